The Morgan fingerprint density at radius 1 is 1.56 bits per heavy atom. The fourth-order valence-corrected chi connectivity index (χ4v) is 2.97. The summed E-state index contributed by atoms with van der Waals surface area (Å²) in [4.78, 5) is 7.22. The molecular weight excluding hydrogens is 224 g/mol. The lowest BCUT2D eigenvalue weighted by Gasteiger charge is -2.21. The van der Waals surface area contributed by atoms with Gasteiger partial charge in [0.05, 0.1) is 6.33 Å². The highest BCUT2D eigenvalue weighted by molar-refractivity contribution is 5.32. The smallest absolute Gasteiger partial charge is 0.0921 e. The van der Waals surface area contributed by atoms with Gasteiger partial charge in [0.1, 0.15) is 0 Å². The van der Waals surface area contributed by atoms with Crippen LogP contribution in [0.5, 0.6) is 0 Å². The van der Waals surface area contributed by atoms with Gasteiger partial charge < -0.3 is 15.3 Å². The largest absolute Gasteiger partial charge is 0.348 e. The monoisotopic (exact) mass is 244 g/mol. The Morgan fingerprint density at radius 3 is 3.22 bits per heavy atom. The summed E-state index contributed by atoms with van der Waals surface area (Å²) in [5.74, 6) is 0. The van der Waals surface area contributed by atoms with Crippen LogP contribution in [0.2, 0.25) is 0 Å². The van der Waals surface area contributed by atoms with Crippen molar-refractivity contribution in [3.63, 3.8) is 0 Å². The summed E-state index contributed by atoms with van der Waals surface area (Å²) in [5, 5.41) is 0. The van der Waals surface area contributed by atoms with Crippen molar-refractivity contribution >= 4 is 0 Å². The summed E-state index contributed by atoms with van der Waals surface area (Å²) in [6.07, 6.45) is 8.13. The highest BCUT2D eigenvalue weighted by Gasteiger charge is 2.21. The second kappa shape index (κ2) is 4.61. The van der Waals surface area contributed by atoms with Gasteiger partial charge in [-0.05, 0) is 37.8 Å². The van der Waals surface area contributed by atoms with Crippen LogP contribution < -0.4 is 5.73 Å². The first kappa shape index (κ1) is 11.5. The summed E-state index contributed by atoms with van der Waals surface area (Å²) in [5.41, 5.74) is 11.5. The lowest BCUT2D eigenvalue weighted by atomic mass is 9.93. The molecule has 0 radical (unpaired) electrons. The molecule has 96 valence electrons. The van der Waals surface area contributed by atoms with Gasteiger partial charge >= 0.3 is 0 Å². The Hall–Kier alpha value is -1.55. The highest BCUT2D eigenvalue weighted by Crippen LogP contribution is 2.30. The third-order valence-corrected chi connectivity index (χ3v) is 3.94. The van der Waals surface area contributed by atoms with E-state index in [0.29, 0.717) is 0 Å². The second-order valence-electron chi connectivity index (χ2n) is 5.16. The molecule has 3 rings (SSSR count). The maximum atomic E-state index is 6.19. The fraction of sp³-hybridized carbons (Fsp3) is 0.500. The Labute approximate surface area is 107 Å². The van der Waals surface area contributed by atoms with Crippen LogP contribution in [-0.4, -0.2) is 14.5 Å². The Bertz CT molecular complexity index is 524. The number of nitrogens with one attached hydrogen (secondary N) is 1. The van der Waals surface area contributed by atoms with E-state index in [-0.39, 0.29) is 6.04 Å². The molecule has 2 aromatic heterocycles. The molecule has 0 spiro atoms. The summed E-state index contributed by atoms with van der Waals surface area (Å²) in [7, 11) is 0. The minimum Gasteiger partial charge on any atom is -0.348 e. The third kappa shape index (κ3) is 1.97. The molecule has 1 unspecified atom stereocenters. The molecule has 3 N–H and O–H groups in total. The van der Waals surface area contributed by atoms with E-state index in [4.69, 9.17) is 5.73 Å². The van der Waals surface area contributed by atoms with Gasteiger partial charge in [0.2, 0.25) is 0 Å². The van der Waals surface area contributed by atoms with Crippen molar-refractivity contribution in [2.45, 2.75) is 45.2 Å². The zero-order valence-electron chi connectivity index (χ0n) is 10.8. The maximum absolute atomic E-state index is 6.19. The number of fused-ring (bicyclic) bond motifs is 1. The van der Waals surface area contributed by atoms with Crippen molar-refractivity contribution in [1.82, 2.24) is 14.5 Å². The number of aromatic nitrogens is 3. The molecule has 1 atom stereocenters. The highest BCUT2D eigenvalue weighted by atomic mass is 15.0. The van der Waals surface area contributed by atoms with E-state index in [9.17, 15) is 0 Å². The molecule has 0 amide bonds. The predicted octanol–water partition coefficient (Wildman–Crippen LogP) is 2.10. The van der Waals surface area contributed by atoms with Gasteiger partial charge in [0, 0.05) is 42.3 Å². The lowest BCUT2D eigenvalue weighted by molar-refractivity contribution is 0.535. The SMILES string of the molecule is Cc1cc2c(n1CCc1cnc[nH]1)CCCC2N. The van der Waals surface area contributed by atoms with Crippen LogP contribution in [0.15, 0.2) is 18.6 Å². The van der Waals surface area contributed by atoms with Crippen LogP contribution in [0.4, 0.5) is 0 Å². The van der Waals surface area contributed by atoms with Crippen LogP contribution in [-0.2, 0) is 19.4 Å². The number of nitrogens with two attached hydrogens (primary N) is 1. The van der Waals surface area contributed by atoms with E-state index in [0.717, 1.165) is 19.4 Å². The molecule has 2 aromatic rings. The van der Waals surface area contributed by atoms with E-state index in [2.05, 4.69) is 27.5 Å². The molecule has 0 saturated carbocycles. The number of hydrogen-bond acceptors (Lipinski definition) is 2. The average molecular weight is 244 g/mol. The maximum Gasteiger partial charge on any atom is 0.0921 e. The van der Waals surface area contributed by atoms with Crippen molar-refractivity contribution in [3.8, 4) is 0 Å². The quantitative estimate of drug-likeness (QED) is 0.868. The normalized spacial score (nSPS) is 18.9. The third-order valence-electron chi connectivity index (χ3n) is 3.94. The van der Waals surface area contributed by atoms with Crippen LogP contribution >= 0.6 is 0 Å². The fourth-order valence-electron chi connectivity index (χ4n) is 2.97. The standard InChI is InChI=1S/C14H20N4/c1-10-7-12-13(15)3-2-4-14(12)18(10)6-5-11-8-16-9-17-11/h7-9,13H,2-6,15H2,1H3,(H,16,17). The molecule has 4 nitrogen and oxygen atoms in total. The van der Waals surface area contributed by atoms with Crippen LogP contribution in [0.25, 0.3) is 0 Å². The summed E-state index contributed by atoms with van der Waals surface area (Å²) >= 11 is 0. The van der Waals surface area contributed by atoms with E-state index >= 15 is 0 Å². The van der Waals surface area contributed by atoms with Gasteiger partial charge in [0.15, 0.2) is 0 Å². The summed E-state index contributed by atoms with van der Waals surface area (Å²) < 4.78 is 2.43. The van der Waals surface area contributed by atoms with Crippen molar-refractivity contribution in [2.24, 2.45) is 5.73 Å². The molecule has 4 heteroatoms. The second-order valence-corrected chi connectivity index (χ2v) is 5.16. The number of H-pyrrole nitrogens is 1. The molecule has 1 aliphatic carbocycles. The minimum atomic E-state index is 0.237. The number of nitrogens with zero attached hydrogens (tertiary/aromatic N) is 2. The van der Waals surface area contributed by atoms with E-state index < -0.39 is 0 Å². The number of aryl methyl sites for hydroxylation is 2. The zero-order valence-corrected chi connectivity index (χ0v) is 10.8. The van der Waals surface area contributed by atoms with E-state index in [1.807, 2.05) is 6.20 Å². The Kier molecular flexibility index (Phi) is 2.96. The summed E-state index contributed by atoms with van der Waals surface area (Å²) in [6, 6.07) is 2.51. The first-order valence-electron chi connectivity index (χ1n) is 6.67. The number of rotatable bonds is 3. The van der Waals surface area contributed by atoms with Gasteiger partial charge in [-0.15, -0.1) is 0 Å². The zero-order chi connectivity index (χ0) is 12.5. The van der Waals surface area contributed by atoms with Crippen molar-refractivity contribution < 1.29 is 0 Å². The number of imidazole rings is 1. The van der Waals surface area contributed by atoms with Crippen LogP contribution in [0.3, 0.4) is 0 Å². The van der Waals surface area contributed by atoms with Gasteiger partial charge in [-0.2, -0.15) is 0 Å². The minimum absolute atomic E-state index is 0.237. The molecule has 1 aliphatic rings. The predicted molar refractivity (Wildman–Crippen MR) is 71.3 cm³/mol. The molecule has 2 heterocycles. The molecule has 0 fully saturated rings. The van der Waals surface area contributed by atoms with Crippen molar-refractivity contribution in [2.75, 3.05) is 0 Å². The first-order chi connectivity index (χ1) is 8.75. The van der Waals surface area contributed by atoms with E-state index in [1.165, 1.54) is 35.5 Å². The van der Waals surface area contributed by atoms with Crippen LogP contribution in [0.1, 0.15) is 41.5 Å². The molecule has 0 aliphatic heterocycles. The van der Waals surface area contributed by atoms with Crippen LogP contribution in [0, 0.1) is 6.92 Å². The topological polar surface area (TPSA) is 59.6 Å². The molecule has 18 heavy (non-hydrogen) atoms. The number of aromatic amines is 1. The van der Waals surface area contributed by atoms with E-state index in [1.54, 1.807) is 6.33 Å². The molecular formula is C14H20N4. The lowest BCUT2D eigenvalue weighted by Crippen LogP contribution is -2.18. The first-order valence-corrected chi connectivity index (χ1v) is 6.67. The summed E-state index contributed by atoms with van der Waals surface area (Å²) in [6.45, 7) is 3.19. The number of hydrogen-bond donors (Lipinski definition) is 2. The molecule has 0 aromatic carbocycles. The van der Waals surface area contributed by atoms with Crippen molar-refractivity contribution in [1.29, 1.82) is 0 Å². The van der Waals surface area contributed by atoms with Gasteiger partial charge in [-0.25, -0.2) is 4.98 Å². The van der Waals surface area contributed by atoms with Crippen molar-refractivity contribution in [3.05, 3.63) is 41.2 Å². The Morgan fingerprint density at radius 2 is 2.44 bits per heavy atom. The van der Waals surface area contributed by atoms with Gasteiger partial charge in [-0.3, -0.25) is 0 Å². The molecule has 0 bridgehead atoms. The molecule has 0 saturated heterocycles. The van der Waals surface area contributed by atoms with Gasteiger partial charge in [0.25, 0.3) is 0 Å². The van der Waals surface area contributed by atoms with Gasteiger partial charge in [-0.1, -0.05) is 0 Å². The average Bonchev–Trinajstić information content (AvgIpc) is 2.95. The Balaban J connectivity index is 1.83.